The van der Waals surface area contributed by atoms with Gasteiger partial charge in [-0.3, -0.25) is 9.59 Å². The van der Waals surface area contributed by atoms with Gasteiger partial charge in [0.2, 0.25) is 11.8 Å². The van der Waals surface area contributed by atoms with Gasteiger partial charge in [-0.25, -0.2) is 0 Å². The minimum atomic E-state index is -0.696. The Bertz CT molecular complexity index is 472. The molecular weight excluding hydrogens is 252 g/mol. The molecule has 1 fully saturated rings. The number of benzene rings is 1. The molecule has 2 amide bonds. The molecule has 1 aromatic rings. The van der Waals surface area contributed by atoms with Crippen molar-refractivity contribution < 1.29 is 9.59 Å². The maximum atomic E-state index is 11.6. The number of carbonyl (C=O) groups is 2. The van der Waals surface area contributed by atoms with Crippen LogP contribution < -0.4 is 11.1 Å². The number of nitrogens with two attached hydrogens (primary N) is 1. The SMILES string of the molecule is NC(=O)[C@@H](Cc1ccccc1Cl)NC(=O)C1CC1. The van der Waals surface area contributed by atoms with Crippen LogP contribution in [0.1, 0.15) is 18.4 Å². The highest BCUT2D eigenvalue weighted by atomic mass is 35.5. The van der Waals surface area contributed by atoms with E-state index >= 15 is 0 Å². The Labute approximate surface area is 110 Å². The molecule has 0 radical (unpaired) electrons. The van der Waals surface area contributed by atoms with Crippen LogP contribution in [-0.2, 0) is 16.0 Å². The van der Waals surface area contributed by atoms with Crippen LogP contribution in [0, 0.1) is 5.92 Å². The molecule has 0 aliphatic heterocycles. The Morgan fingerprint density at radius 2 is 2.06 bits per heavy atom. The van der Waals surface area contributed by atoms with Crippen LogP contribution in [0.3, 0.4) is 0 Å². The summed E-state index contributed by atoms with van der Waals surface area (Å²) in [5.74, 6) is -0.576. The lowest BCUT2D eigenvalue weighted by molar-refractivity contribution is -0.128. The highest BCUT2D eigenvalue weighted by Crippen LogP contribution is 2.29. The summed E-state index contributed by atoms with van der Waals surface area (Å²) in [7, 11) is 0. The number of hydrogen-bond acceptors (Lipinski definition) is 2. The first-order chi connectivity index (χ1) is 8.58. The summed E-state index contributed by atoms with van der Waals surface area (Å²) in [5.41, 5.74) is 6.11. The van der Waals surface area contributed by atoms with Crippen molar-refractivity contribution in [2.75, 3.05) is 0 Å². The molecule has 4 nitrogen and oxygen atoms in total. The Morgan fingerprint density at radius 1 is 1.39 bits per heavy atom. The predicted molar refractivity (Wildman–Crippen MR) is 69.0 cm³/mol. The van der Waals surface area contributed by atoms with Gasteiger partial charge in [0.25, 0.3) is 0 Å². The van der Waals surface area contributed by atoms with Crippen LogP contribution in [0.15, 0.2) is 24.3 Å². The molecule has 0 spiro atoms. The third-order valence-corrected chi connectivity index (χ3v) is 3.36. The van der Waals surface area contributed by atoms with Crippen LogP contribution in [0.25, 0.3) is 0 Å². The fraction of sp³-hybridized carbons (Fsp3) is 0.385. The Hall–Kier alpha value is -1.55. The van der Waals surface area contributed by atoms with Crippen LogP contribution in [0.5, 0.6) is 0 Å². The highest BCUT2D eigenvalue weighted by Gasteiger charge is 2.32. The highest BCUT2D eigenvalue weighted by molar-refractivity contribution is 6.31. The zero-order chi connectivity index (χ0) is 13.1. The lowest BCUT2D eigenvalue weighted by Crippen LogP contribution is -2.46. The van der Waals surface area contributed by atoms with Crippen LogP contribution in [0.4, 0.5) is 0 Å². The number of halogens is 1. The molecule has 1 atom stereocenters. The molecule has 0 unspecified atom stereocenters. The fourth-order valence-corrected chi connectivity index (χ4v) is 1.95. The maximum absolute atomic E-state index is 11.6. The molecule has 1 saturated carbocycles. The fourth-order valence-electron chi connectivity index (χ4n) is 1.74. The summed E-state index contributed by atoms with van der Waals surface area (Å²) in [6.45, 7) is 0. The zero-order valence-corrected chi connectivity index (χ0v) is 10.6. The molecule has 0 saturated heterocycles. The van der Waals surface area contributed by atoms with E-state index in [1.54, 1.807) is 6.07 Å². The van der Waals surface area contributed by atoms with Gasteiger partial charge in [0.05, 0.1) is 0 Å². The summed E-state index contributed by atoms with van der Waals surface area (Å²) in [5, 5.41) is 3.26. The largest absolute Gasteiger partial charge is 0.368 e. The normalized spacial score (nSPS) is 16.1. The summed E-state index contributed by atoms with van der Waals surface area (Å²) in [4.78, 5) is 23.0. The van der Waals surface area contributed by atoms with Crippen molar-refractivity contribution in [1.29, 1.82) is 0 Å². The van der Waals surface area contributed by atoms with Gasteiger partial charge in [-0.05, 0) is 24.5 Å². The predicted octanol–water partition coefficient (Wildman–Crippen LogP) is 1.26. The van der Waals surface area contributed by atoms with E-state index in [0.29, 0.717) is 11.4 Å². The van der Waals surface area contributed by atoms with Gasteiger partial charge in [-0.2, -0.15) is 0 Å². The number of amides is 2. The van der Waals surface area contributed by atoms with E-state index in [1.807, 2.05) is 18.2 Å². The van der Waals surface area contributed by atoms with Crippen molar-refractivity contribution in [2.24, 2.45) is 11.7 Å². The molecule has 3 N–H and O–H groups in total. The number of hydrogen-bond donors (Lipinski definition) is 2. The van der Waals surface area contributed by atoms with Crippen molar-refractivity contribution in [2.45, 2.75) is 25.3 Å². The van der Waals surface area contributed by atoms with E-state index in [2.05, 4.69) is 5.32 Å². The van der Waals surface area contributed by atoms with Crippen molar-refractivity contribution in [3.05, 3.63) is 34.9 Å². The average Bonchev–Trinajstić information content (AvgIpc) is 3.14. The molecule has 1 aliphatic rings. The van der Waals surface area contributed by atoms with E-state index in [1.165, 1.54) is 0 Å². The van der Waals surface area contributed by atoms with Crippen molar-refractivity contribution >= 4 is 23.4 Å². The second-order valence-corrected chi connectivity index (χ2v) is 4.94. The quantitative estimate of drug-likeness (QED) is 0.842. The molecule has 2 rings (SSSR count). The van der Waals surface area contributed by atoms with E-state index < -0.39 is 11.9 Å². The third kappa shape index (κ3) is 3.23. The first-order valence-corrected chi connectivity index (χ1v) is 6.29. The minimum Gasteiger partial charge on any atom is -0.368 e. The molecule has 5 heteroatoms. The molecule has 96 valence electrons. The van der Waals surface area contributed by atoms with Gasteiger partial charge in [-0.1, -0.05) is 29.8 Å². The molecule has 1 aromatic carbocycles. The smallest absolute Gasteiger partial charge is 0.240 e. The standard InChI is InChI=1S/C13H15ClN2O2/c14-10-4-2-1-3-9(10)7-11(12(15)17)16-13(18)8-5-6-8/h1-4,8,11H,5-7H2,(H2,15,17)(H,16,18)/t11-/m1/s1. The van der Waals surface area contributed by atoms with E-state index in [4.69, 9.17) is 17.3 Å². The van der Waals surface area contributed by atoms with E-state index in [-0.39, 0.29) is 11.8 Å². The summed E-state index contributed by atoms with van der Waals surface area (Å²) in [6, 6.07) is 6.52. The van der Waals surface area contributed by atoms with Gasteiger partial charge in [0, 0.05) is 17.4 Å². The summed E-state index contributed by atoms with van der Waals surface area (Å²) in [6.07, 6.45) is 2.11. The first kappa shape index (κ1) is 12.9. The molecule has 1 aliphatic carbocycles. The molecule has 18 heavy (non-hydrogen) atoms. The minimum absolute atomic E-state index is 0.0538. The van der Waals surface area contributed by atoms with Gasteiger partial charge in [-0.15, -0.1) is 0 Å². The lowest BCUT2D eigenvalue weighted by atomic mass is 10.1. The van der Waals surface area contributed by atoms with E-state index in [9.17, 15) is 9.59 Å². The van der Waals surface area contributed by atoms with Gasteiger partial charge in [0.1, 0.15) is 6.04 Å². The average molecular weight is 267 g/mol. The zero-order valence-electron chi connectivity index (χ0n) is 9.86. The first-order valence-electron chi connectivity index (χ1n) is 5.91. The van der Waals surface area contributed by atoms with E-state index in [0.717, 1.165) is 18.4 Å². The second-order valence-electron chi connectivity index (χ2n) is 4.53. The van der Waals surface area contributed by atoms with Crippen LogP contribution >= 0.6 is 11.6 Å². The molecule has 0 heterocycles. The monoisotopic (exact) mass is 266 g/mol. The molecule has 0 bridgehead atoms. The number of nitrogens with one attached hydrogen (secondary N) is 1. The van der Waals surface area contributed by atoms with Crippen molar-refractivity contribution in [3.63, 3.8) is 0 Å². The second kappa shape index (κ2) is 5.40. The number of carbonyl (C=O) groups excluding carboxylic acids is 2. The topological polar surface area (TPSA) is 72.2 Å². The maximum Gasteiger partial charge on any atom is 0.240 e. The Balaban J connectivity index is 2.04. The van der Waals surface area contributed by atoms with Gasteiger partial charge in [0.15, 0.2) is 0 Å². The van der Waals surface area contributed by atoms with Crippen LogP contribution in [-0.4, -0.2) is 17.9 Å². The Morgan fingerprint density at radius 3 is 2.61 bits per heavy atom. The summed E-state index contributed by atoms with van der Waals surface area (Å²) < 4.78 is 0. The van der Waals surface area contributed by atoms with Crippen LogP contribution in [0.2, 0.25) is 5.02 Å². The van der Waals surface area contributed by atoms with Crippen molar-refractivity contribution in [1.82, 2.24) is 5.32 Å². The number of primary amides is 1. The molecular formula is C13H15ClN2O2. The molecule has 0 aromatic heterocycles. The van der Waals surface area contributed by atoms with Gasteiger partial charge < -0.3 is 11.1 Å². The lowest BCUT2D eigenvalue weighted by Gasteiger charge is -2.16. The Kier molecular flexibility index (Phi) is 3.87. The van der Waals surface area contributed by atoms with Crippen molar-refractivity contribution in [3.8, 4) is 0 Å². The van der Waals surface area contributed by atoms with Gasteiger partial charge >= 0.3 is 0 Å². The number of rotatable bonds is 5. The summed E-state index contributed by atoms with van der Waals surface area (Å²) >= 11 is 6.02. The third-order valence-electron chi connectivity index (χ3n) is 2.99.